The normalized spacial score (nSPS) is 13.0. The zero-order chi connectivity index (χ0) is 17.9. The van der Waals surface area contributed by atoms with Crippen molar-refractivity contribution in [3.05, 3.63) is 53.8 Å². The van der Waals surface area contributed by atoms with Crippen molar-refractivity contribution in [3.63, 3.8) is 0 Å². The van der Waals surface area contributed by atoms with E-state index < -0.39 is 0 Å². The molecule has 4 rings (SSSR count). The first kappa shape index (κ1) is 15.9. The minimum absolute atomic E-state index is 0.180. The average Bonchev–Trinajstić information content (AvgIpc) is 3.35. The molecule has 0 saturated carbocycles. The molecule has 0 spiro atoms. The second-order valence-electron chi connectivity index (χ2n) is 5.59. The Hall–Kier alpha value is -3.55. The van der Waals surface area contributed by atoms with Crippen molar-refractivity contribution in [2.75, 3.05) is 13.7 Å². The molecule has 0 aromatic carbocycles. The molecule has 0 N–H and O–H groups in total. The van der Waals surface area contributed by atoms with E-state index >= 15 is 0 Å². The highest BCUT2D eigenvalue weighted by molar-refractivity contribution is 5.89. The van der Waals surface area contributed by atoms with E-state index in [0.29, 0.717) is 35.7 Å². The lowest BCUT2D eigenvalue weighted by atomic mass is 10.2. The summed E-state index contributed by atoms with van der Waals surface area (Å²) >= 11 is 0. The smallest absolute Gasteiger partial charge is 0.213 e. The van der Waals surface area contributed by atoms with Gasteiger partial charge in [0.05, 0.1) is 36.6 Å². The van der Waals surface area contributed by atoms with Gasteiger partial charge in [-0.3, -0.25) is 14.8 Å². The van der Waals surface area contributed by atoms with Crippen molar-refractivity contribution in [2.24, 2.45) is 4.99 Å². The van der Waals surface area contributed by atoms with E-state index in [1.807, 2.05) is 12.1 Å². The number of allylic oxidation sites excluding steroid dienone is 1. The number of carbonyl (C=O) groups excluding carboxylic acids is 1. The van der Waals surface area contributed by atoms with Gasteiger partial charge >= 0.3 is 0 Å². The van der Waals surface area contributed by atoms with Crippen LogP contribution >= 0.6 is 0 Å². The summed E-state index contributed by atoms with van der Waals surface area (Å²) in [4.78, 5) is 23.9. The lowest BCUT2D eigenvalue weighted by Gasteiger charge is -2.09. The summed E-state index contributed by atoms with van der Waals surface area (Å²) in [7, 11) is 1.49. The van der Waals surface area contributed by atoms with Crippen LogP contribution in [0.2, 0.25) is 0 Å². The van der Waals surface area contributed by atoms with Crippen molar-refractivity contribution in [1.29, 1.82) is 0 Å². The van der Waals surface area contributed by atoms with Crippen LogP contribution in [0, 0.1) is 0 Å². The van der Waals surface area contributed by atoms with Gasteiger partial charge < -0.3 is 9.47 Å². The largest absolute Gasteiger partial charge is 0.485 e. The summed E-state index contributed by atoms with van der Waals surface area (Å²) in [6.07, 6.45) is 9.34. The molecule has 3 aromatic heterocycles. The Labute approximate surface area is 148 Å². The fraction of sp³-hybridized carbons (Fsp3) is 0.167. The molecule has 0 bridgehead atoms. The number of rotatable bonds is 6. The number of aliphatic imine (C=N–C) groups is 1. The van der Waals surface area contributed by atoms with Crippen molar-refractivity contribution in [2.45, 2.75) is 6.61 Å². The molecule has 1 aliphatic heterocycles. The molecule has 0 aliphatic carbocycles. The maximum absolute atomic E-state index is 11.3. The fourth-order valence-electron chi connectivity index (χ4n) is 2.67. The van der Waals surface area contributed by atoms with Gasteiger partial charge in [-0.1, -0.05) is 0 Å². The predicted molar refractivity (Wildman–Crippen MR) is 94.8 cm³/mol. The Morgan fingerprint density at radius 2 is 2.23 bits per heavy atom. The van der Waals surface area contributed by atoms with E-state index in [1.54, 1.807) is 23.1 Å². The molecule has 130 valence electrons. The SMILES string of the molecule is COc1cc(C=O)c(OCc2nccn3nc(C4=CC=NC4)cc23)cn1. The Morgan fingerprint density at radius 1 is 1.31 bits per heavy atom. The topological polar surface area (TPSA) is 91.0 Å². The number of hydrogen-bond acceptors (Lipinski definition) is 7. The van der Waals surface area contributed by atoms with Crippen molar-refractivity contribution in [3.8, 4) is 11.6 Å². The first-order chi connectivity index (χ1) is 12.8. The minimum atomic E-state index is 0.180. The van der Waals surface area contributed by atoms with Gasteiger partial charge in [0.1, 0.15) is 18.1 Å². The highest BCUT2D eigenvalue weighted by Gasteiger charge is 2.13. The molecular formula is C18H15N5O3. The second kappa shape index (κ2) is 6.75. The van der Waals surface area contributed by atoms with Crippen LogP contribution in [0.5, 0.6) is 11.6 Å². The average molecular weight is 349 g/mol. The van der Waals surface area contributed by atoms with E-state index in [4.69, 9.17) is 9.47 Å². The lowest BCUT2D eigenvalue weighted by Crippen LogP contribution is -2.04. The number of methoxy groups -OCH3 is 1. The number of fused-ring (bicyclic) bond motifs is 1. The molecule has 1 aliphatic rings. The third-order valence-corrected chi connectivity index (χ3v) is 4.01. The van der Waals surface area contributed by atoms with Crippen LogP contribution in [-0.4, -0.2) is 45.7 Å². The summed E-state index contributed by atoms with van der Waals surface area (Å²) < 4.78 is 12.5. The third-order valence-electron chi connectivity index (χ3n) is 4.01. The number of aldehydes is 1. The van der Waals surface area contributed by atoms with Crippen molar-refractivity contribution >= 4 is 23.6 Å². The summed E-state index contributed by atoms with van der Waals surface area (Å²) in [5, 5.41) is 4.55. The van der Waals surface area contributed by atoms with Crippen molar-refractivity contribution in [1.82, 2.24) is 19.6 Å². The summed E-state index contributed by atoms with van der Waals surface area (Å²) in [6, 6.07) is 3.49. The van der Waals surface area contributed by atoms with Gasteiger partial charge in [0.15, 0.2) is 6.29 Å². The number of aromatic nitrogens is 4. The lowest BCUT2D eigenvalue weighted by molar-refractivity contribution is 0.111. The second-order valence-corrected chi connectivity index (χ2v) is 5.59. The van der Waals surface area contributed by atoms with Crippen LogP contribution < -0.4 is 9.47 Å². The van der Waals surface area contributed by atoms with Crippen LogP contribution in [0.3, 0.4) is 0 Å². The van der Waals surface area contributed by atoms with Gasteiger partial charge in [-0.05, 0) is 12.1 Å². The predicted octanol–water partition coefficient (Wildman–Crippen LogP) is 1.99. The number of pyridine rings is 1. The van der Waals surface area contributed by atoms with E-state index in [0.717, 1.165) is 16.8 Å². The molecule has 0 radical (unpaired) electrons. The number of nitrogens with zero attached hydrogens (tertiary/aromatic N) is 5. The molecule has 0 unspecified atom stereocenters. The van der Waals surface area contributed by atoms with Gasteiger partial charge in [0, 0.05) is 30.2 Å². The van der Waals surface area contributed by atoms with Gasteiger partial charge in [0.25, 0.3) is 0 Å². The Morgan fingerprint density at radius 3 is 3.00 bits per heavy atom. The van der Waals surface area contributed by atoms with Gasteiger partial charge in [-0.25, -0.2) is 9.50 Å². The van der Waals surface area contributed by atoms with Crippen LogP contribution in [-0.2, 0) is 6.61 Å². The summed E-state index contributed by atoms with van der Waals surface area (Å²) in [5.41, 5.74) is 3.83. The molecule has 0 amide bonds. The van der Waals surface area contributed by atoms with Crippen LogP contribution in [0.25, 0.3) is 11.1 Å². The Balaban J connectivity index is 1.60. The van der Waals surface area contributed by atoms with Gasteiger partial charge in [0.2, 0.25) is 5.88 Å². The van der Waals surface area contributed by atoms with E-state index in [9.17, 15) is 4.79 Å². The Bertz CT molecular complexity index is 1040. The van der Waals surface area contributed by atoms with Gasteiger partial charge in [-0.15, -0.1) is 0 Å². The van der Waals surface area contributed by atoms with Crippen LogP contribution in [0.4, 0.5) is 0 Å². The first-order valence-electron chi connectivity index (χ1n) is 7.93. The fourth-order valence-corrected chi connectivity index (χ4v) is 2.67. The molecular weight excluding hydrogens is 334 g/mol. The summed E-state index contributed by atoms with van der Waals surface area (Å²) in [6.45, 7) is 0.809. The highest BCUT2D eigenvalue weighted by atomic mass is 16.5. The Kier molecular flexibility index (Phi) is 4.14. The molecule has 0 fully saturated rings. The van der Waals surface area contributed by atoms with Crippen molar-refractivity contribution < 1.29 is 14.3 Å². The highest BCUT2D eigenvalue weighted by Crippen LogP contribution is 2.23. The molecule has 0 saturated heterocycles. The number of hydrogen-bond donors (Lipinski definition) is 0. The number of ether oxygens (including phenoxy) is 2. The van der Waals surface area contributed by atoms with E-state index in [2.05, 4.69) is 20.1 Å². The standard InChI is InChI=1S/C18H15N5O3/c1-25-18-6-13(10-24)17(9-21-18)26-11-15-16-7-14(12-2-3-19-8-12)22-23(16)5-4-20-15/h2-7,9-10H,8,11H2,1H3. The molecule has 26 heavy (non-hydrogen) atoms. The van der Waals surface area contributed by atoms with E-state index in [-0.39, 0.29) is 6.61 Å². The maximum atomic E-state index is 11.3. The molecule has 3 aromatic rings. The maximum Gasteiger partial charge on any atom is 0.213 e. The monoisotopic (exact) mass is 349 g/mol. The molecule has 4 heterocycles. The minimum Gasteiger partial charge on any atom is -0.485 e. The third kappa shape index (κ3) is 2.92. The molecule has 8 heteroatoms. The molecule has 0 atom stereocenters. The van der Waals surface area contributed by atoms with Gasteiger partial charge in [-0.2, -0.15) is 5.10 Å². The zero-order valence-corrected chi connectivity index (χ0v) is 14.0. The summed E-state index contributed by atoms with van der Waals surface area (Å²) in [5.74, 6) is 0.725. The van der Waals surface area contributed by atoms with Crippen LogP contribution in [0.1, 0.15) is 21.7 Å². The van der Waals surface area contributed by atoms with Crippen LogP contribution in [0.15, 0.2) is 41.8 Å². The zero-order valence-electron chi connectivity index (χ0n) is 14.0. The molecule has 8 nitrogen and oxygen atoms in total. The number of carbonyl (C=O) groups is 1. The van der Waals surface area contributed by atoms with E-state index in [1.165, 1.54) is 19.4 Å². The quantitative estimate of drug-likeness (QED) is 0.632. The first-order valence-corrected chi connectivity index (χ1v) is 7.93.